The predicted molar refractivity (Wildman–Crippen MR) is 96.4 cm³/mol. The van der Waals surface area contributed by atoms with Crippen LogP contribution in [0, 0.1) is 13.8 Å². The van der Waals surface area contributed by atoms with Crippen LogP contribution in [0.4, 0.5) is 0 Å². The minimum atomic E-state index is -3.59. The molecule has 0 fully saturated rings. The maximum Gasteiger partial charge on any atom is 0.251 e. The van der Waals surface area contributed by atoms with Gasteiger partial charge in [0.25, 0.3) is 5.91 Å². The summed E-state index contributed by atoms with van der Waals surface area (Å²) in [6.07, 6.45) is 0. The summed E-state index contributed by atoms with van der Waals surface area (Å²) in [6.45, 7) is 4.07. The number of carbonyl (C=O) groups is 1. The molecular weight excluding hydrogens is 340 g/mol. The molecule has 0 unspecified atom stereocenters. The van der Waals surface area contributed by atoms with E-state index in [1.807, 2.05) is 13.8 Å². The van der Waals surface area contributed by atoms with Crippen LogP contribution in [0.25, 0.3) is 0 Å². The molecule has 0 aromatic heterocycles. The number of ether oxygens (including phenoxy) is 1. The number of sulfonamides is 1. The zero-order chi connectivity index (χ0) is 18.4. The molecule has 0 aliphatic heterocycles. The smallest absolute Gasteiger partial charge is 0.251 e. The fourth-order valence-electron chi connectivity index (χ4n) is 2.19. The number of hydrogen-bond acceptors (Lipinski definition) is 4. The van der Waals surface area contributed by atoms with Crippen LogP contribution >= 0.6 is 0 Å². The molecule has 7 heteroatoms. The van der Waals surface area contributed by atoms with E-state index in [9.17, 15) is 13.2 Å². The highest BCUT2D eigenvalue weighted by Crippen LogP contribution is 2.14. The van der Waals surface area contributed by atoms with Gasteiger partial charge in [-0.25, -0.2) is 13.1 Å². The zero-order valence-electron chi connectivity index (χ0n) is 14.5. The summed E-state index contributed by atoms with van der Waals surface area (Å²) in [4.78, 5) is 12.3. The molecule has 6 nitrogen and oxygen atoms in total. The number of rotatable bonds is 7. The molecule has 0 saturated carbocycles. The molecule has 2 N–H and O–H groups in total. The average Bonchev–Trinajstić information content (AvgIpc) is 2.60. The Morgan fingerprint density at radius 3 is 2.48 bits per heavy atom. The lowest BCUT2D eigenvalue weighted by atomic mass is 10.1. The minimum Gasteiger partial charge on any atom is -0.497 e. The van der Waals surface area contributed by atoms with E-state index >= 15 is 0 Å². The molecule has 0 atom stereocenters. The van der Waals surface area contributed by atoms with Crippen molar-refractivity contribution in [2.75, 3.05) is 20.2 Å². The molecule has 0 spiro atoms. The van der Waals surface area contributed by atoms with Gasteiger partial charge in [-0.1, -0.05) is 12.1 Å². The molecule has 2 aromatic rings. The van der Waals surface area contributed by atoms with Crippen LogP contribution in [0.2, 0.25) is 0 Å². The van der Waals surface area contributed by atoms with E-state index in [-0.39, 0.29) is 23.9 Å². The molecular formula is C18H22N2O4S. The van der Waals surface area contributed by atoms with E-state index in [1.54, 1.807) is 42.5 Å². The topological polar surface area (TPSA) is 84.5 Å². The highest BCUT2D eigenvalue weighted by atomic mass is 32.2. The zero-order valence-corrected chi connectivity index (χ0v) is 15.3. The highest BCUT2D eigenvalue weighted by molar-refractivity contribution is 7.89. The van der Waals surface area contributed by atoms with E-state index < -0.39 is 10.0 Å². The molecule has 25 heavy (non-hydrogen) atoms. The summed E-state index contributed by atoms with van der Waals surface area (Å²) in [5, 5.41) is 2.67. The second-order valence-corrected chi connectivity index (χ2v) is 7.40. The van der Waals surface area contributed by atoms with Crippen LogP contribution in [-0.2, 0) is 10.0 Å². The van der Waals surface area contributed by atoms with Crippen LogP contribution in [0.1, 0.15) is 21.5 Å². The molecule has 0 heterocycles. The first-order valence-electron chi connectivity index (χ1n) is 7.82. The van der Waals surface area contributed by atoms with Crippen molar-refractivity contribution in [2.24, 2.45) is 0 Å². The molecule has 1 amide bonds. The van der Waals surface area contributed by atoms with Crippen molar-refractivity contribution < 1.29 is 17.9 Å². The average molecular weight is 362 g/mol. The maximum atomic E-state index is 12.3. The van der Waals surface area contributed by atoms with Gasteiger partial charge in [-0.05, 0) is 55.3 Å². The lowest BCUT2D eigenvalue weighted by Gasteiger charge is -2.10. The number of hydrogen-bond donors (Lipinski definition) is 2. The van der Waals surface area contributed by atoms with Crippen LogP contribution in [0.5, 0.6) is 5.75 Å². The summed E-state index contributed by atoms with van der Waals surface area (Å²) in [5.74, 6) is 0.298. The second-order valence-electron chi connectivity index (χ2n) is 5.63. The van der Waals surface area contributed by atoms with Gasteiger partial charge in [-0.15, -0.1) is 0 Å². The van der Waals surface area contributed by atoms with Gasteiger partial charge in [0.15, 0.2) is 0 Å². The third kappa shape index (κ3) is 5.04. The molecule has 0 bridgehead atoms. The Hall–Kier alpha value is -2.38. The number of nitrogens with one attached hydrogen (secondary N) is 2. The van der Waals surface area contributed by atoms with Gasteiger partial charge in [0.2, 0.25) is 10.0 Å². The van der Waals surface area contributed by atoms with E-state index in [4.69, 9.17) is 4.74 Å². The summed E-state index contributed by atoms with van der Waals surface area (Å²) in [7, 11) is -2.07. The number of aryl methyl sites for hydroxylation is 2. The molecule has 2 aromatic carbocycles. The SMILES string of the molecule is COc1cccc(C(=O)NCCNS(=O)(=O)c2ccc(C)c(C)c2)c1. The van der Waals surface area contributed by atoms with E-state index in [0.717, 1.165) is 11.1 Å². The standard InChI is InChI=1S/C18H22N2O4S/c1-13-7-8-17(11-14(13)2)25(22,23)20-10-9-19-18(21)15-5-4-6-16(12-15)24-3/h4-8,11-12,20H,9-10H2,1-3H3,(H,19,21). The second kappa shape index (κ2) is 8.13. The molecule has 0 radical (unpaired) electrons. The Kier molecular flexibility index (Phi) is 6.17. The Labute approximate surface area is 148 Å². The van der Waals surface area contributed by atoms with Crippen molar-refractivity contribution in [3.8, 4) is 5.75 Å². The third-order valence-electron chi connectivity index (χ3n) is 3.82. The monoisotopic (exact) mass is 362 g/mol. The van der Waals surface area contributed by atoms with Crippen LogP contribution in [0.3, 0.4) is 0 Å². The molecule has 2 rings (SSSR count). The Morgan fingerprint density at radius 1 is 1.04 bits per heavy atom. The van der Waals surface area contributed by atoms with Crippen LogP contribution < -0.4 is 14.8 Å². The van der Waals surface area contributed by atoms with Crippen molar-refractivity contribution in [3.05, 3.63) is 59.2 Å². The Morgan fingerprint density at radius 2 is 1.80 bits per heavy atom. The normalized spacial score (nSPS) is 11.2. The van der Waals surface area contributed by atoms with Crippen molar-refractivity contribution in [1.29, 1.82) is 0 Å². The molecule has 0 saturated heterocycles. The quantitative estimate of drug-likeness (QED) is 0.738. The van der Waals surface area contributed by atoms with Crippen molar-refractivity contribution in [2.45, 2.75) is 18.7 Å². The van der Waals surface area contributed by atoms with E-state index in [2.05, 4.69) is 10.0 Å². The largest absolute Gasteiger partial charge is 0.497 e. The lowest BCUT2D eigenvalue weighted by molar-refractivity contribution is 0.0954. The maximum absolute atomic E-state index is 12.3. The Bertz CT molecular complexity index is 863. The summed E-state index contributed by atoms with van der Waals surface area (Å²) in [5.41, 5.74) is 2.40. The summed E-state index contributed by atoms with van der Waals surface area (Å²) >= 11 is 0. The first-order chi connectivity index (χ1) is 11.8. The molecule has 134 valence electrons. The predicted octanol–water partition coefficient (Wildman–Crippen LogP) is 2.02. The number of carbonyl (C=O) groups excluding carboxylic acids is 1. The number of methoxy groups -OCH3 is 1. The van der Waals surface area contributed by atoms with Crippen molar-refractivity contribution in [3.63, 3.8) is 0 Å². The van der Waals surface area contributed by atoms with Gasteiger partial charge in [-0.3, -0.25) is 4.79 Å². The van der Waals surface area contributed by atoms with Gasteiger partial charge >= 0.3 is 0 Å². The van der Waals surface area contributed by atoms with Crippen LogP contribution in [0.15, 0.2) is 47.4 Å². The molecule has 0 aliphatic carbocycles. The fraction of sp³-hybridized carbons (Fsp3) is 0.278. The summed E-state index contributed by atoms with van der Waals surface area (Å²) in [6, 6.07) is 11.7. The fourth-order valence-corrected chi connectivity index (χ4v) is 3.31. The van der Waals surface area contributed by atoms with Crippen molar-refractivity contribution >= 4 is 15.9 Å². The Balaban J connectivity index is 1.89. The van der Waals surface area contributed by atoms with E-state index in [1.165, 1.54) is 7.11 Å². The lowest BCUT2D eigenvalue weighted by Crippen LogP contribution is -2.34. The van der Waals surface area contributed by atoms with Gasteiger partial charge < -0.3 is 10.1 Å². The summed E-state index contributed by atoms with van der Waals surface area (Å²) < 4.78 is 32.1. The van der Waals surface area contributed by atoms with Gasteiger partial charge in [0.1, 0.15) is 5.75 Å². The van der Waals surface area contributed by atoms with Gasteiger partial charge in [-0.2, -0.15) is 0 Å². The number of benzene rings is 2. The first-order valence-corrected chi connectivity index (χ1v) is 9.31. The van der Waals surface area contributed by atoms with Crippen molar-refractivity contribution in [1.82, 2.24) is 10.0 Å². The number of amides is 1. The van der Waals surface area contributed by atoms with Crippen LogP contribution in [-0.4, -0.2) is 34.5 Å². The van der Waals surface area contributed by atoms with E-state index in [0.29, 0.717) is 11.3 Å². The minimum absolute atomic E-state index is 0.102. The molecule has 0 aliphatic rings. The highest BCUT2D eigenvalue weighted by Gasteiger charge is 2.14. The van der Waals surface area contributed by atoms with Gasteiger partial charge in [0.05, 0.1) is 12.0 Å². The third-order valence-corrected chi connectivity index (χ3v) is 5.28. The first kappa shape index (κ1) is 19.0. The van der Waals surface area contributed by atoms with Gasteiger partial charge in [0, 0.05) is 18.7 Å².